The minimum absolute atomic E-state index is 0.0632. The maximum atomic E-state index is 5.82. The summed E-state index contributed by atoms with van der Waals surface area (Å²) in [6.07, 6.45) is 6.01. The zero-order valence-corrected chi connectivity index (χ0v) is 13.3. The fraction of sp³-hybridized carbons (Fsp3) is 0.875. The van der Waals surface area contributed by atoms with E-state index in [0.717, 1.165) is 12.8 Å². The third-order valence-corrected chi connectivity index (χ3v) is 2.65. The first-order valence-electron chi connectivity index (χ1n) is 7.25. The fourth-order valence-electron chi connectivity index (χ4n) is 1.85. The van der Waals surface area contributed by atoms with E-state index in [1.807, 2.05) is 0 Å². The SMILES string of the molecule is CC(C)=CCCC(C)CC(OC(C)C)OC(C)C. The molecule has 0 heterocycles. The molecule has 0 radical (unpaired) electrons. The number of hydrogen-bond acceptors (Lipinski definition) is 2. The number of allylic oxidation sites excluding steroid dienone is 2. The van der Waals surface area contributed by atoms with Gasteiger partial charge in [-0.1, -0.05) is 18.6 Å². The van der Waals surface area contributed by atoms with E-state index < -0.39 is 0 Å². The molecular formula is C16H32O2. The third kappa shape index (κ3) is 10.8. The highest BCUT2D eigenvalue weighted by atomic mass is 16.7. The van der Waals surface area contributed by atoms with Crippen LogP contribution >= 0.6 is 0 Å². The Morgan fingerprint density at radius 3 is 1.83 bits per heavy atom. The summed E-state index contributed by atoms with van der Waals surface area (Å²) >= 11 is 0. The van der Waals surface area contributed by atoms with E-state index in [1.165, 1.54) is 12.0 Å². The Bertz CT molecular complexity index is 217. The number of ether oxygens (including phenoxy) is 2. The molecule has 0 bridgehead atoms. The van der Waals surface area contributed by atoms with E-state index >= 15 is 0 Å². The largest absolute Gasteiger partial charge is 0.350 e. The molecule has 0 spiro atoms. The molecule has 0 aliphatic carbocycles. The van der Waals surface area contributed by atoms with Crippen LogP contribution < -0.4 is 0 Å². The molecule has 0 aromatic carbocycles. The molecule has 0 saturated heterocycles. The maximum absolute atomic E-state index is 5.82. The fourth-order valence-corrected chi connectivity index (χ4v) is 1.85. The average molecular weight is 256 g/mol. The first-order chi connectivity index (χ1) is 8.31. The smallest absolute Gasteiger partial charge is 0.158 e. The summed E-state index contributed by atoms with van der Waals surface area (Å²) in [7, 11) is 0. The van der Waals surface area contributed by atoms with E-state index in [2.05, 4.69) is 54.5 Å². The summed E-state index contributed by atoms with van der Waals surface area (Å²) in [4.78, 5) is 0. The van der Waals surface area contributed by atoms with Gasteiger partial charge >= 0.3 is 0 Å². The van der Waals surface area contributed by atoms with Crippen LogP contribution in [0.25, 0.3) is 0 Å². The first kappa shape index (κ1) is 17.7. The molecule has 0 N–H and O–H groups in total. The van der Waals surface area contributed by atoms with Gasteiger partial charge in [0.05, 0.1) is 12.2 Å². The second-order valence-corrected chi connectivity index (χ2v) is 6.00. The molecule has 0 aromatic rings. The predicted octanol–water partition coefficient (Wildman–Crippen LogP) is 4.94. The van der Waals surface area contributed by atoms with Crippen molar-refractivity contribution in [3.05, 3.63) is 11.6 Å². The standard InChI is InChI=1S/C16H32O2/c1-12(2)9-8-10-15(7)11-16(17-13(3)4)18-14(5)6/h9,13-16H,8,10-11H2,1-7H3. The van der Waals surface area contributed by atoms with Crippen molar-refractivity contribution in [3.8, 4) is 0 Å². The third-order valence-electron chi connectivity index (χ3n) is 2.65. The van der Waals surface area contributed by atoms with Gasteiger partial charge < -0.3 is 9.47 Å². The quantitative estimate of drug-likeness (QED) is 0.430. The normalized spacial score (nSPS) is 13.4. The van der Waals surface area contributed by atoms with Crippen molar-refractivity contribution in [3.63, 3.8) is 0 Å². The van der Waals surface area contributed by atoms with Gasteiger partial charge in [0, 0.05) is 6.42 Å². The van der Waals surface area contributed by atoms with Gasteiger partial charge in [0.1, 0.15) is 0 Å². The van der Waals surface area contributed by atoms with Gasteiger partial charge in [0.2, 0.25) is 0 Å². The molecule has 0 aromatic heterocycles. The summed E-state index contributed by atoms with van der Waals surface area (Å²) in [5, 5.41) is 0. The van der Waals surface area contributed by atoms with Crippen LogP contribution in [0.5, 0.6) is 0 Å². The van der Waals surface area contributed by atoms with Crippen molar-refractivity contribution in [1.29, 1.82) is 0 Å². The van der Waals surface area contributed by atoms with Crippen LogP contribution in [0.1, 0.15) is 67.7 Å². The average Bonchev–Trinajstić information content (AvgIpc) is 2.13. The molecule has 2 nitrogen and oxygen atoms in total. The highest BCUT2D eigenvalue weighted by Crippen LogP contribution is 2.18. The Labute approximate surface area is 114 Å². The van der Waals surface area contributed by atoms with Crippen LogP contribution in [0, 0.1) is 5.92 Å². The number of rotatable bonds is 9. The lowest BCUT2D eigenvalue weighted by atomic mass is 10.0. The summed E-state index contributed by atoms with van der Waals surface area (Å²) < 4.78 is 11.6. The Hall–Kier alpha value is -0.340. The Kier molecular flexibility index (Phi) is 9.39. The summed E-state index contributed by atoms with van der Waals surface area (Å²) in [5.41, 5.74) is 1.40. The lowest BCUT2D eigenvalue weighted by Gasteiger charge is -2.25. The predicted molar refractivity (Wildman–Crippen MR) is 78.7 cm³/mol. The van der Waals surface area contributed by atoms with E-state index in [0.29, 0.717) is 5.92 Å². The van der Waals surface area contributed by atoms with Crippen LogP contribution in [0.3, 0.4) is 0 Å². The van der Waals surface area contributed by atoms with Crippen LogP contribution in [0.2, 0.25) is 0 Å². The molecule has 1 unspecified atom stereocenters. The van der Waals surface area contributed by atoms with Gasteiger partial charge in [0.25, 0.3) is 0 Å². The molecule has 2 heteroatoms. The number of hydrogen-bond donors (Lipinski definition) is 0. The second kappa shape index (κ2) is 9.57. The molecule has 0 aliphatic rings. The molecular weight excluding hydrogens is 224 g/mol. The second-order valence-electron chi connectivity index (χ2n) is 6.00. The van der Waals surface area contributed by atoms with E-state index in [-0.39, 0.29) is 18.5 Å². The molecule has 1 atom stereocenters. The highest BCUT2D eigenvalue weighted by molar-refractivity contribution is 4.92. The van der Waals surface area contributed by atoms with Gasteiger partial charge in [-0.05, 0) is 60.3 Å². The van der Waals surface area contributed by atoms with Gasteiger partial charge in [-0.15, -0.1) is 0 Å². The van der Waals surface area contributed by atoms with Crippen LogP contribution in [-0.2, 0) is 9.47 Å². The maximum Gasteiger partial charge on any atom is 0.158 e. The molecule has 0 rings (SSSR count). The van der Waals surface area contributed by atoms with Crippen molar-refractivity contribution in [1.82, 2.24) is 0 Å². The van der Waals surface area contributed by atoms with Gasteiger partial charge in [0.15, 0.2) is 6.29 Å². The Morgan fingerprint density at radius 1 is 0.944 bits per heavy atom. The zero-order chi connectivity index (χ0) is 14.1. The Morgan fingerprint density at radius 2 is 1.44 bits per heavy atom. The van der Waals surface area contributed by atoms with Crippen molar-refractivity contribution >= 4 is 0 Å². The van der Waals surface area contributed by atoms with Crippen LogP contribution in [0.4, 0.5) is 0 Å². The minimum Gasteiger partial charge on any atom is -0.350 e. The van der Waals surface area contributed by atoms with E-state index in [4.69, 9.17) is 9.47 Å². The van der Waals surface area contributed by atoms with E-state index in [9.17, 15) is 0 Å². The molecule has 0 fully saturated rings. The summed E-state index contributed by atoms with van der Waals surface area (Å²) in [6, 6.07) is 0. The van der Waals surface area contributed by atoms with Gasteiger partial charge in [-0.3, -0.25) is 0 Å². The summed E-state index contributed by atoms with van der Waals surface area (Å²) in [6.45, 7) is 14.8. The molecule has 18 heavy (non-hydrogen) atoms. The topological polar surface area (TPSA) is 18.5 Å². The van der Waals surface area contributed by atoms with Crippen molar-refractivity contribution in [2.24, 2.45) is 5.92 Å². The van der Waals surface area contributed by atoms with E-state index in [1.54, 1.807) is 0 Å². The first-order valence-corrected chi connectivity index (χ1v) is 7.25. The summed E-state index contributed by atoms with van der Waals surface area (Å²) in [5.74, 6) is 0.628. The molecule has 108 valence electrons. The van der Waals surface area contributed by atoms with Gasteiger partial charge in [-0.25, -0.2) is 0 Å². The van der Waals surface area contributed by atoms with Crippen molar-refractivity contribution in [2.75, 3.05) is 0 Å². The van der Waals surface area contributed by atoms with Crippen LogP contribution in [0.15, 0.2) is 11.6 Å². The zero-order valence-electron chi connectivity index (χ0n) is 13.3. The van der Waals surface area contributed by atoms with Crippen molar-refractivity contribution in [2.45, 2.75) is 86.2 Å². The lowest BCUT2D eigenvalue weighted by Crippen LogP contribution is -2.26. The Balaban J connectivity index is 4.08. The molecule has 0 saturated carbocycles. The highest BCUT2D eigenvalue weighted by Gasteiger charge is 2.16. The van der Waals surface area contributed by atoms with Crippen LogP contribution in [-0.4, -0.2) is 18.5 Å². The molecule has 0 aliphatic heterocycles. The lowest BCUT2D eigenvalue weighted by molar-refractivity contribution is -0.188. The minimum atomic E-state index is -0.0632. The van der Waals surface area contributed by atoms with Gasteiger partial charge in [-0.2, -0.15) is 0 Å². The monoisotopic (exact) mass is 256 g/mol. The van der Waals surface area contributed by atoms with Crippen molar-refractivity contribution < 1.29 is 9.47 Å². The molecule has 0 amide bonds.